The number of morpholine rings is 1. The van der Waals surface area contributed by atoms with Gasteiger partial charge in [0.15, 0.2) is 6.04 Å². The molecule has 2 aromatic heterocycles. The van der Waals surface area contributed by atoms with Gasteiger partial charge in [0.05, 0.1) is 0 Å². The molecule has 0 saturated carbocycles. The largest absolute Gasteiger partial charge is 0.492 e. The highest BCUT2D eigenvalue weighted by atomic mass is 32.1. The molecule has 138 valence electrons. The van der Waals surface area contributed by atoms with Gasteiger partial charge in [0.25, 0.3) is 0 Å². The zero-order valence-corrected chi connectivity index (χ0v) is 15.8. The van der Waals surface area contributed by atoms with Gasteiger partial charge in [-0.05, 0) is 45.0 Å². The van der Waals surface area contributed by atoms with Gasteiger partial charge in [-0.2, -0.15) is 4.52 Å². The molecule has 4 rings (SSSR count). The lowest BCUT2D eigenvalue weighted by Crippen LogP contribution is -3.15. The summed E-state index contributed by atoms with van der Waals surface area (Å²) in [5.41, 5.74) is 0.958. The highest BCUT2D eigenvalue weighted by Crippen LogP contribution is 2.35. The van der Waals surface area contributed by atoms with Crippen LogP contribution in [0, 0.1) is 12.7 Å². The molecule has 1 aliphatic rings. The maximum Gasteiger partial charge on any atom is 0.235 e. The second-order valence-corrected chi connectivity index (χ2v) is 7.96. The fourth-order valence-corrected chi connectivity index (χ4v) is 5.00. The van der Waals surface area contributed by atoms with Crippen molar-refractivity contribution in [2.24, 2.45) is 0 Å². The van der Waals surface area contributed by atoms with Crippen molar-refractivity contribution < 1.29 is 19.1 Å². The lowest BCUT2D eigenvalue weighted by Gasteiger charge is -2.37. The zero-order valence-electron chi connectivity index (χ0n) is 14.9. The normalized spacial score (nSPS) is 24.8. The first-order valence-corrected chi connectivity index (χ1v) is 9.54. The highest BCUT2D eigenvalue weighted by molar-refractivity contribution is 7.17. The number of nitrogens with one attached hydrogen (secondary N) is 1. The van der Waals surface area contributed by atoms with Crippen LogP contribution in [0.3, 0.4) is 0 Å². The van der Waals surface area contributed by atoms with E-state index in [0.29, 0.717) is 10.8 Å². The summed E-state index contributed by atoms with van der Waals surface area (Å²) in [4.78, 5) is 7.11. The topological polar surface area (TPSA) is 64.1 Å². The van der Waals surface area contributed by atoms with E-state index in [1.165, 1.54) is 32.9 Å². The van der Waals surface area contributed by atoms with E-state index in [9.17, 15) is 9.50 Å². The van der Waals surface area contributed by atoms with Crippen molar-refractivity contribution in [3.05, 3.63) is 46.3 Å². The van der Waals surface area contributed by atoms with Crippen LogP contribution in [-0.4, -0.2) is 45.0 Å². The predicted octanol–water partition coefficient (Wildman–Crippen LogP) is 1.73. The molecule has 3 aromatic rings. The molecule has 1 aliphatic heterocycles. The van der Waals surface area contributed by atoms with Crippen LogP contribution in [0.1, 0.15) is 36.2 Å². The number of nitrogens with zero attached hydrogens (tertiary/aromatic N) is 3. The van der Waals surface area contributed by atoms with Crippen LogP contribution in [0.2, 0.25) is 0 Å². The van der Waals surface area contributed by atoms with Gasteiger partial charge in [-0.1, -0.05) is 11.3 Å². The summed E-state index contributed by atoms with van der Waals surface area (Å²) in [6, 6.07) is 6.38. The number of hydrogen-bond acceptors (Lipinski definition) is 5. The Bertz CT molecular complexity index is 913. The number of thiazole rings is 1. The van der Waals surface area contributed by atoms with E-state index in [1.54, 1.807) is 19.1 Å². The minimum atomic E-state index is -0.270. The second-order valence-electron chi connectivity index (χ2n) is 6.95. The van der Waals surface area contributed by atoms with E-state index in [4.69, 9.17) is 4.74 Å². The maximum atomic E-state index is 13.5. The maximum absolute atomic E-state index is 13.5. The average molecular weight is 377 g/mol. The summed E-state index contributed by atoms with van der Waals surface area (Å²) in [5.74, 6) is 0.463. The molecule has 8 heteroatoms. The van der Waals surface area contributed by atoms with Crippen molar-refractivity contribution in [3.8, 4) is 5.88 Å². The number of fused-ring (bicyclic) bond motifs is 1. The van der Waals surface area contributed by atoms with E-state index in [2.05, 4.69) is 23.9 Å². The molecule has 26 heavy (non-hydrogen) atoms. The minimum absolute atomic E-state index is 0.110. The van der Waals surface area contributed by atoms with Gasteiger partial charge >= 0.3 is 0 Å². The van der Waals surface area contributed by atoms with E-state index >= 15 is 0 Å². The number of quaternary nitrogens is 1. The molecule has 0 unspecified atom stereocenters. The molecule has 3 heterocycles. The van der Waals surface area contributed by atoms with Crippen molar-refractivity contribution in [1.29, 1.82) is 0 Å². The third-order valence-electron chi connectivity index (χ3n) is 4.74. The number of aromatic hydroxyl groups is 1. The van der Waals surface area contributed by atoms with E-state index in [1.807, 2.05) is 0 Å². The van der Waals surface area contributed by atoms with Crippen LogP contribution in [0.5, 0.6) is 5.88 Å². The number of benzene rings is 1. The summed E-state index contributed by atoms with van der Waals surface area (Å²) in [5, 5.41) is 15.1. The number of ether oxygens (including phenoxy) is 1. The van der Waals surface area contributed by atoms with Gasteiger partial charge in [0, 0.05) is 5.56 Å². The Balaban J connectivity index is 1.82. The summed E-state index contributed by atoms with van der Waals surface area (Å²) in [6.07, 6.45) is 0.228. The van der Waals surface area contributed by atoms with Gasteiger partial charge in [0.2, 0.25) is 10.8 Å². The van der Waals surface area contributed by atoms with Crippen LogP contribution in [0.25, 0.3) is 4.96 Å². The van der Waals surface area contributed by atoms with E-state index in [0.717, 1.165) is 23.5 Å². The fraction of sp³-hybridized carbons (Fsp3) is 0.444. The lowest BCUT2D eigenvalue weighted by molar-refractivity contribution is -0.939. The van der Waals surface area contributed by atoms with Crippen LogP contribution >= 0.6 is 11.3 Å². The highest BCUT2D eigenvalue weighted by Gasteiger charge is 2.37. The van der Waals surface area contributed by atoms with Crippen LogP contribution in [0.4, 0.5) is 4.39 Å². The third-order valence-corrected chi connectivity index (χ3v) is 5.83. The lowest BCUT2D eigenvalue weighted by atomic mass is 10.0. The molecular formula is C18H22FN4O2S+. The average Bonchev–Trinajstić information content (AvgIpc) is 3.07. The monoisotopic (exact) mass is 377 g/mol. The summed E-state index contributed by atoms with van der Waals surface area (Å²) in [6.45, 7) is 7.52. The van der Waals surface area contributed by atoms with Crippen molar-refractivity contribution in [3.63, 3.8) is 0 Å². The summed E-state index contributed by atoms with van der Waals surface area (Å²) >= 11 is 1.43. The number of halogens is 1. The molecule has 0 radical (unpaired) electrons. The Morgan fingerprint density at radius 3 is 2.54 bits per heavy atom. The van der Waals surface area contributed by atoms with Crippen molar-refractivity contribution >= 4 is 16.3 Å². The van der Waals surface area contributed by atoms with Gasteiger partial charge in [0.1, 0.15) is 41.8 Å². The molecule has 1 saturated heterocycles. The molecule has 0 amide bonds. The van der Waals surface area contributed by atoms with Gasteiger partial charge in [-0.25, -0.2) is 9.37 Å². The van der Waals surface area contributed by atoms with Gasteiger partial charge < -0.3 is 14.7 Å². The van der Waals surface area contributed by atoms with Crippen LogP contribution in [-0.2, 0) is 4.74 Å². The van der Waals surface area contributed by atoms with Crippen molar-refractivity contribution in [2.45, 2.75) is 39.0 Å². The van der Waals surface area contributed by atoms with Crippen LogP contribution < -0.4 is 4.90 Å². The Hall–Kier alpha value is -2.03. The quantitative estimate of drug-likeness (QED) is 0.730. The second kappa shape index (κ2) is 6.61. The number of rotatable bonds is 3. The van der Waals surface area contributed by atoms with Gasteiger partial charge in [-0.3, -0.25) is 0 Å². The first-order valence-electron chi connectivity index (χ1n) is 8.73. The molecule has 2 N–H and O–H groups in total. The molecule has 0 bridgehead atoms. The standard InChI is InChI=1S/C18H21FN4O2S/c1-10-8-22(9-11(2)25-10)15(13-4-6-14(19)7-5-13)16-17(24)23-18(26-16)20-12(3)21-23/h4-7,10-11,15,24H,8-9H2,1-3H3/p+1/t10-,11-,15-/m1/s1. The SMILES string of the molecule is Cc1nc2sc([C@@H](c3ccc(F)cc3)[NH+]3C[C@@H](C)O[C@H](C)C3)c(O)n2n1. The van der Waals surface area contributed by atoms with Crippen LogP contribution in [0.15, 0.2) is 24.3 Å². The molecule has 1 aromatic carbocycles. The summed E-state index contributed by atoms with van der Waals surface area (Å²) in [7, 11) is 0. The molecular weight excluding hydrogens is 355 g/mol. The Labute approximate surface area is 154 Å². The first kappa shape index (κ1) is 17.4. The molecule has 3 atom stereocenters. The number of aromatic nitrogens is 3. The van der Waals surface area contributed by atoms with E-state index in [-0.39, 0.29) is 29.9 Å². The number of aryl methyl sites for hydroxylation is 1. The summed E-state index contributed by atoms with van der Waals surface area (Å²) < 4.78 is 20.8. The zero-order chi connectivity index (χ0) is 18.4. The molecule has 6 nitrogen and oxygen atoms in total. The Kier molecular flexibility index (Phi) is 4.42. The van der Waals surface area contributed by atoms with E-state index < -0.39 is 0 Å². The first-order chi connectivity index (χ1) is 12.4. The fourth-order valence-electron chi connectivity index (χ4n) is 3.81. The van der Waals surface area contributed by atoms with Gasteiger partial charge in [-0.15, -0.1) is 5.10 Å². The van der Waals surface area contributed by atoms with Crippen molar-refractivity contribution in [2.75, 3.05) is 13.1 Å². The Morgan fingerprint density at radius 2 is 1.92 bits per heavy atom. The predicted molar refractivity (Wildman–Crippen MR) is 96.2 cm³/mol. The molecule has 0 spiro atoms. The third kappa shape index (κ3) is 3.08. The number of hydrogen-bond donors (Lipinski definition) is 2. The smallest absolute Gasteiger partial charge is 0.235 e. The molecule has 1 fully saturated rings. The van der Waals surface area contributed by atoms with Crippen molar-refractivity contribution in [1.82, 2.24) is 14.6 Å². The molecule has 0 aliphatic carbocycles. The minimum Gasteiger partial charge on any atom is -0.492 e. The Morgan fingerprint density at radius 1 is 1.27 bits per heavy atom.